The van der Waals surface area contributed by atoms with Crippen LogP contribution in [0.2, 0.25) is 0 Å². The van der Waals surface area contributed by atoms with Crippen LogP contribution in [0.5, 0.6) is 5.88 Å². The van der Waals surface area contributed by atoms with Crippen molar-refractivity contribution in [1.82, 2.24) is 9.88 Å². The van der Waals surface area contributed by atoms with Gasteiger partial charge in [0.25, 0.3) is 0 Å². The molecule has 3 aliphatic rings. The van der Waals surface area contributed by atoms with Crippen molar-refractivity contribution in [3.05, 3.63) is 39.7 Å². The minimum Gasteiger partial charge on any atom is -0.477 e. The number of rotatable bonds is 8. The molecule has 3 fully saturated rings. The van der Waals surface area contributed by atoms with Crippen LogP contribution in [0.25, 0.3) is 0 Å². The highest BCUT2D eigenvalue weighted by Gasteiger charge is 2.38. The quantitative estimate of drug-likeness (QED) is 0.360. The molecule has 0 radical (unpaired) electrons. The summed E-state index contributed by atoms with van der Waals surface area (Å²) in [6.07, 6.45) is 10.0. The number of carboxylic acid groups (broad SMARTS) is 1. The van der Waals surface area contributed by atoms with Gasteiger partial charge < -0.3 is 19.6 Å². The van der Waals surface area contributed by atoms with Gasteiger partial charge in [-0.25, -0.2) is 9.78 Å². The van der Waals surface area contributed by atoms with Crippen molar-refractivity contribution in [1.29, 1.82) is 0 Å². The Hall–Kier alpha value is -2.94. The van der Waals surface area contributed by atoms with Crippen molar-refractivity contribution in [3.63, 3.8) is 0 Å². The predicted octanol–water partition coefficient (Wildman–Crippen LogP) is 6.81. The fraction of sp³-hybridized carbons (Fsp3) is 0.636. The molecule has 9 heteroatoms. The lowest BCUT2D eigenvalue weighted by Gasteiger charge is -2.39. The molecule has 2 aromatic rings. The molecule has 3 heterocycles. The van der Waals surface area contributed by atoms with Gasteiger partial charge in [0.1, 0.15) is 11.0 Å². The lowest BCUT2D eigenvalue weighted by atomic mass is 9.81. The molecule has 0 aromatic carbocycles. The normalized spacial score (nSPS) is 25.0. The molecule has 1 N–H and O–H groups in total. The van der Waals surface area contributed by atoms with Gasteiger partial charge in [0, 0.05) is 48.6 Å². The lowest BCUT2D eigenvalue weighted by molar-refractivity contribution is -0.128. The number of hydrogen-bond acceptors (Lipinski definition) is 6. The van der Waals surface area contributed by atoms with Crippen LogP contribution in [-0.4, -0.2) is 51.5 Å². The highest BCUT2D eigenvalue weighted by molar-refractivity contribution is 7.14. The Morgan fingerprint density at radius 2 is 1.81 bits per heavy atom. The molecule has 2 aromatic heterocycles. The van der Waals surface area contributed by atoms with Gasteiger partial charge in [-0.1, -0.05) is 27.7 Å². The average Bonchev–Trinajstić information content (AvgIpc) is 3.57. The van der Waals surface area contributed by atoms with E-state index >= 15 is 0 Å². The van der Waals surface area contributed by atoms with Gasteiger partial charge in [-0.05, 0) is 86.8 Å². The summed E-state index contributed by atoms with van der Waals surface area (Å²) in [4.78, 5) is 48.1. The molecule has 228 valence electrons. The van der Waals surface area contributed by atoms with Crippen molar-refractivity contribution in [2.24, 2.45) is 11.8 Å². The number of ether oxygens (including phenoxy) is 1. The number of carbonyl (C=O) groups excluding carboxylic acids is 2. The van der Waals surface area contributed by atoms with Crippen LogP contribution in [0.3, 0.4) is 0 Å². The molecule has 0 atom stereocenters. The van der Waals surface area contributed by atoms with Crippen LogP contribution in [0.15, 0.2) is 24.4 Å². The standard InChI is InChI=1S/C33H45N3O5S/c1-21-7-9-23(10-8-21)31(38)36(26-19-27(33(2,3)4)42-30(26)32(39)40)24-11-13-25(14-12-24)41-28-18-22(15-16-34-28)20-35-17-5-6-29(35)37/h15-16,18-19,21,23-25H,5-14,17,20H2,1-4H3,(H,39,40). The number of pyridine rings is 1. The minimum atomic E-state index is -0.973. The van der Waals surface area contributed by atoms with Crippen molar-refractivity contribution in [2.75, 3.05) is 11.4 Å². The first-order valence-corrected chi connectivity index (χ1v) is 16.4. The number of aromatic nitrogens is 1. The van der Waals surface area contributed by atoms with Crippen LogP contribution < -0.4 is 9.64 Å². The Morgan fingerprint density at radius 3 is 2.43 bits per heavy atom. The van der Waals surface area contributed by atoms with Crippen LogP contribution in [0, 0.1) is 11.8 Å². The highest BCUT2D eigenvalue weighted by Crippen LogP contribution is 2.42. The van der Waals surface area contributed by atoms with Gasteiger partial charge in [0.15, 0.2) is 0 Å². The van der Waals surface area contributed by atoms with E-state index in [1.165, 1.54) is 11.3 Å². The van der Waals surface area contributed by atoms with Crippen LogP contribution >= 0.6 is 11.3 Å². The van der Waals surface area contributed by atoms with E-state index in [1.807, 2.05) is 28.0 Å². The number of nitrogens with zero attached hydrogens (tertiary/aromatic N) is 3. The molecule has 2 amide bonds. The number of carbonyl (C=O) groups is 3. The minimum absolute atomic E-state index is 0.0311. The van der Waals surface area contributed by atoms with E-state index in [1.54, 1.807) is 6.20 Å². The number of amides is 2. The van der Waals surface area contributed by atoms with E-state index in [4.69, 9.17) is 4.74 Å². The first kappa shape index (κ1) is 30.5. The second-order valence-electron chi connectivity index (χ2n) is 13.5. The highest BCUT2D eigenvalue weighted by atomic mass is 32.1. The van der Waals surface area contributed by atoms with Gasteiger partial charge in [0.2, 0.25) is 17.7 Å². The fourth-order valence-corrected chi connectivity index (χ4v) is 7.62. The maximum atomic E-state index is 14.2. The van der Waals surface area contributed by atoms with E-state index in [0.29, 0.717) is 30.5 Å². The Bertz CT molecular complexity index is 1280. The van der Waals surface area contributed by atoms with E-state index in [0.717, 1.165) is 74.8 Å². The van der Waals surface area contributed by atoms with Crippen LogP contribution in [0.4, 0.5) is 5.69 Å². The Labute approximate surface area is 253 Å². The summed E-state index contributed by atoms with van der Waals surface area (Å²) in [5.41, 5.74) is 1.36. The maximum Gasteiger partial charge on any atom is 0.348 e. The summed E-state index contributed by atoms with van der Waals surface area (Å²) < 4.78 is 6.31. The molecule has 2 saturated carbocycles. The molecular weight excluding hydrogens is 550 g/mol. The second kappa shape index (κ2) is 12.7. The molecule has 0 bridgehead atoms. The van der Waals surface area contributed by atoms with Gasteiger partial charge in [0.05, 0.1) is 5.69 Å². The molecular formula is C33H45N3O5S. The molecule has 1 aliphatic heterocycles. The summed E-state index contributed by atoms with van der Waals surface area (Å²) in [5.74, 6) is 0.427. The summed E-state index contributed by atoms with van der Waals surface area (Å²) >= 11 is 1.30. The molecule has 0 spiro atoms. The average molecular weight is 596 g/mol. The molecule has 8 nitrogen and oxygen atoms in total. The van der Waals surface area contributed by atoms with E-state index in [-0.39, 0.29) is 40.2 Å². The predicted molar refractivity (Wildman–Crippen MR) is 164 cm³/mol. The number of hydrogen-bond donors (Lipinski definition) is 1. The van der Waals surface area contributed by atoms with Gasteiger partial charge >= 0.3 is 5.97 Å². The Kier molecular flexibility index (Phi) is 9.26. The first-order valence-electron chi connectivity index (χ1n) is 15.6. The third-order valence-electron chi connectivity index (χ3n) is 9.15. The molecule has 1 saturated heterocycles. The maximum absolute atomic E-state index is 14.2. The number of thiophene rings is 1. The second-order valence-corrected chi connectivity index (χ2v) is 14.6. The zero-order valence-corrected chi connectivity index (χ0v) is 26.3. The Morgan fingerprint density at radius 1 is 1.10 bits per heavy atom. The van der Waals surface area contributed by atoms with Gasteiger partial charge in [-0.3, -0.25) is 9.59 Å². The third kappa shape index (κ3) is 6.99. The van der Waals surface area contributed by atoms with Crippen molar-refractivity contribution < 1.29 is 24.2 Å². The number of aromatic carboxylic acids is 1. The first-order chi connectivity index (χ1) is 20.0. The largest absolute Gasteiger partial charge is 0.477 e. The third-order valence-corrected chi connectivity index (χ3v) is 10.7. The van der Waals surface area contributed by atoms with Crippen LogP contribution in [-0.2, 0) is 21.5 Å². The summed E-state index contributed by atoms with van der Waals surface area (Å²) in [5, 5.41) is 10.2. The molecule has 42 heavy (non-hydrogen) atoms. The SMILES string of the molecule is CC1CCC(C(=O)N(c2cc(C(C)(C)C)sc2C(=O)O)C2CCC(Oc3cc(CN4CCCC4=O)ccn3)CC2)CC1. The smallest absolute Gasteiger partial charge is 0.348 e. The monoisotopic (exact) mass is 595 g/mol. The van der Waals surface area contributed by atoms with Crippen molar-refractivity contribution in [2.45, 2.75) is 116 Å². The van der Waals surface area contributed by atoms with E-state index in [9.17, 15) is 19.5 Å². The summed E-state index contributed by atoms with van der Waals surface area (Å²) in [6.45, 7) is 9.85. The molecule has 5 rings (SSSR count). The summed E-state index contributed by atoms with van der Waals surface area (Å²) in [6, 6.07) is 5.74. The summed E-state index contributed by atoms with van der Waals surface area (Å²) in [7, 11) is 0. The number of likely N-dealkylation sites (tertiary alicyclic amines) is 1. The van der Waals surface area contributed by atoms with Gasteiger partial charge in [-0.2, -0.15) is 0 Å². The number of carboxylic acids is 1. The zero-order chi connectivity index (χ0) is 30.0. The zero-order valence-electron chi connectivity index (χ0n) is 25.4. The van der Waals surface area contributed by atoms with E-state index < -0.39 is 5.97 Å². The Balaban J connectivity index is 1.32. The van der Waals surface area contributed by atoms with E-state index in [2.05, 4.69) is 32.7 Å². The van der Waals surface area contributed by atoms with Gasteiger partial charge in [-0.15, -0.1) is 11.3 Å². The topological polar surface area (TPSA) is 100 Å². The fourth-order valence-electron chi connectivity index (χ4n) is 6.58. The van der Waals surface area contributed by atoms with Crippen molar-refractivity contribution >= 4 is 34.8 Å². The number of anilines is 1. The molecule has 2 aliphatic carbocycles. The lowest BCUT2D eigenvalue weighted by Crippen LogP contribution is -2.47. The molecule has 0 unspecified atom stereocenters. The van der Waals surface area contributed by atoms with Crippen LogP contribution in [0.1, 0.15) is 112 Å². The van der Waals surface area contributed by atoms with Crippen molar-refractivity contribution in [3.8, 4) is 5.88 Å².